The molecule has 5 nitrogen and oxygen atoms in total. The molecule has 0 aliphatic rings. The zero-order valence-corrected chi connectivity index (χ0v) is 9.95. The maximum absolute atomic E-state index is 13.1. The zero-order valence-electron chi connectivity index (χ0n) is 9.13. The number of anilines is 1. The summed E-state index contributed by atoms with van der Waals surface area (Å²) in [6, 6.07) is 7.01. The predicted molar refractivity (Wildman–Crippen MR) is 65.7 cm³/mol. The molecule has 18 heavy (non-hydrogen) atoms. The Kier molecular flexibility index (Phi) is 3.52. The summed E-state index contributed by atoms with van der Waals surface area (Å²) in [6.45, 7) is 0. The van der Waals surface area contributed by atoms with Gasteiger partial charge in [0.15, 0.2) is 0 Å². The second-order valence-electron chi connectivity index (χ2n) is 3.51. The summed E-state index contributed by atoms with van der Waals surface area (Å²) in [7, 11) is 0. The quantitative estimate of drug-likeness (QED) is 0.398. The lowest BCUT2D eigenvalue weighted by atomic mass is 10.3. The first kappa shape index (κ1) is 12.4. The van der Waals surface area contributed by atoms with Crippen molar-refractivity contribution in [1.82, 2.24) is 0 Å². The van der Waals surface area contributed by atoms with Gasteiger partial charge in [0.25, 0.3) is 0 Å². The van der Waals surface area contributed by atoms with E-state index < -0.39 is 10.7 Å². The number of hydrogen-bond donors (Lipinski definition) is 1. The van der Waals surface area contributed by atoms with Gasteiger partial charge in [-0.25, -0.2) is 4.39 Å². The van der Waals surface area contributed by atoms with Crippen molar-refractivity contribution in [2.24, 2.45) is 0 Å². The van der Waals surface area contributed by atoms with E-state index in [1.165, 1.54) is 36.0 Å². The second kappa shape index (κ2) is 5.09. The van der Waals surface area contributed by atoms with Crippen molar-refractivity contribution in [1.29, 1.82) is 0 Å². The molecule has 0 radical (unpaired) electrons. The number of hydrogen-bond acceptors (Lipinski definition) is 5. The van der Waals surface area contributed by atoms with E-state index in [1.807, 2.05) is 0 Å². The predicted octanol–water partition coefficient (Wildman–Crippen LogP) is 3.20. The van der Waals surface area contributed by atoms with Gasteiger partial charge in [0.05, 0.1) is 11.8 Å². The molecule has 0 unspecified atom stereocenters. The van der Waals surface area contributed by atoms with Gasteiger partial charge in [-0.05, 0) is 24.3 Å². The van der Waals surface area contributed by atoms with E-state index in [4.69, 9.17) is 10.2 Å². The Hall–Kier alpha value is -2.02. The summed E-state index contributed by atoms with van der Waals surface area (Å²) in [5.74, 6) is 0.110. The molecule has 7 heteroatoms. The molecule has 0 saturated heterocycles. The standard InChI is InChI=1S/C11H9FN2O3S/c12-7-3-8(13)5-10(4-7)18-6-9-1-2-11(17-9)14(15)16/h1-5H,6,13H2. The number of furan rings is 1. The van der Waals surface area contributed by atoms with Gasteiger partial charge in [-0.3, -0.25) is 10.1 Å². The average Bonchev–Trinajstić information content (AvgIpc) is 2.73. The van der Waals surface area contributed by atoms with Crippen LogP contribution in [0.5, 0.6) is 0 Å². The van der Waals surface area contributed by atoms with Crippen LogP contribution in [0.4, 0.5) is 16.0 Å². The molecule has 1 aromatic heterocycles. The summed E-state index contributed by atoms with van der Waals surface area (Å²) >= 11 is 1.29. The van der Waals surface area contributed by atoms with Gasteiger partial charge >= 0.3 is 5.88 Å². The fraction of sp³-hybridized carbons (Fsp3) is 0.0909. The topological polar surface area (TPSA) is 82.3 Å². The van der Waals surface area contributed by atoms with E-state index in [2.05, 4.69) is 0 Å². The van der Waals surface area contributed by atoms with Crippen molar-refractivity contribution < 1.29 is 13.7 Å². The number of thioether (sulfide) groups is 1. The highest BCUT2D eigenvalue weighted by atomic mass is 32.2. The number of halogens is 1. The molecule has 94 valence electrons. The number of benzene rings is 1. The van der Waals surface area contributed by atoms with Crippen molar-refractivity contribution in [2.45, 2.75) is 10.6 Å². The molecule has 2 N–H and O–H groups in total. The molecule has 0 aliphatic heterocycles. The average molecular weight is 268 g/mol. The van der Waals surface area contributed by atoms with Crippen LogP contribution in [0.25, 0.3) is 0 Å². The Morgan fingerprint density at radius 3 is 2.78 bits per heavy atom. The third-order valence-corrected chi connectivity index (χ3v) is 3.10. The Morgan fingerprint density at radius 1 is 1.39 bits per heavy atom. The normalized spacial score (nSPS) is 10.5. The molecule has 0 atom stereocenters. The van der Waals surface area contributed by atoms with Gasteiger partial charge in [0, 0.05) is 10.6 Å². The van der Waals surface area contributed by atoms with Gasteiger partial charge in [-0.15, -0.1) is 11.8 Å². The SMILES string of the molecule is Nc1cc(F)cc(SCc2ccc([N+](=O)[O-])o2)c1. The minimum absolute atomic E-state index is 0.302. The van der Waals surface area contributed by atoms with Crippen LogP contribution >= 0.6 is 11.8 Å². The van der Waals surface area contributed by atoms with Crippen LogP contribution in [-0.4, -0.2) is 4.92 Å². The first-order chi connectivity index (χ1) is 8.54. The lowest BCUT2D eigenvalue weighted by Crippen LogP contribution is -1.87. The Morgan fingerprint density at radius 2 is 2.17 bits per heavy atom. The molecule has 2 aromatic rings. The minimum atomic E-state index is -0.603. The van der Waals surface area contributed by atoms with Crippen molar-refractivity contribution in [3.8, 4) is 0 Å². The van der Waals surface area contributed by atoms with E-state index in [0.29, 0.717) is 22.1 Å². The molecular formula is C11H9FN2O3S. The number of nitro groups is 1. The van der Waals surface area contributed by atoms with Crippen LogP contribution in [0.3, 0.4) is 0 Å². The lowest BCUT2D eigenvalue weighted by Gasteiger charge is -2.01. The Balaban J connectivity index is 2.04. The molecule has 0 aliphatic carbocycles. The molecule has 0 spiro atoms. The zero-order chi connectivity index (χ0) is 13.1. The molecule has 0 bridgehead atoms. The Bertz CT molecular complexity index is 565. The van der Waals surface area contributed by atoms with Crippen LogP contribution in [0.2, 0.25) is 0 Å². The van der Waals surface area contributed by atoms with E-state index in [9.17, 15) is 14.5 Å². The van der Waals surface area contributed by atoms with Crippen LogP contribution < -0.4 is 5.73 Å². The summed E-state index contributed by atoms with van der Waals surface area (Å²) in [6.07, 6.45) is 0. The van der Waals surface area contributed by atoms with Crippen molar-refractivity contribution in [3.63, 3.8) is 0 Å². The fourth-order valence-corrected chi connectivity index (χ4v) is 2.24. The number of nitrogen functional groups attached to an aromatic ring is 1. The molecule has 1 heterocycles. The van der Waals surface area contributed by atoms with Crippen molar-refractivity contribution in [2.75, 3.05) is 5.73 Å². The van der Waals surface area contributed by atoms with Gasteiger partial charge < -0.3 is 10.2 Å². The molecular weight excluding hydrogens is 259 g/mol. The summed E-state index contributed by atoms with van der Waals surface area (Å²) in [5.41, 5.74) is 5.84. The summed E-state index contributed by atoms with van der Waals surface area (Å²) < 4.78 is 18.0. The lowest BCUT2D eigenvalue weighted by molar-refractivity contribution is -0.402. The monoisotopic (exact) mass is 268 g/mol. The van der Waals surface area contributed by atoms with Crippen molar-refractivity contribution >= 4 is 23.3 Å². The van der Waals surface area contributed by atoms with Crippen LogP contribution in [-0.2, 0) is 5.75 Å². The number of nitrogens with two attached hydrogens (primary N) is 1. The third kappa shape index (κ3) is 3.01. The number of rotatable bonds is 4. The van der Waals surface area contributed by atoms with E-state index in [-0.39, 0.29) is 5.88 Å². The van der Waals surface area contributed by atoms with Gasteiger partial charge in [-0.2, -0.15) is 0 Å². The largest absolute Gasteiger partial charge is 0.433 e. The van der Waals surface area contributed by atoms with E-state index in [1.54, 1.807) is 6.07 Å². The van der Waals surface area contributed by atoms with Gasteiger partial charge in [0.2, 0.25) is 0 Å². The third-order valence-electron chi connectivity index (χ3n) is 2.10. The van der Waals surface area contributed by atoms with Crippen molar-refractivity contribution in [3.05, 3.63) is 52.0 Å². The van der Waals surface area contributed by atoms with Crippen LogP contribution in [0.15, 0.2) is 39.6 Å². The molecule has 0 fully saturated rings. The second-order valence-corrected chi connectivity index (χ2v) is 4.55. The molecule has 0 saturated carbocycles. The smallest absolute Gasteiger partial charge is 0.405 e. The molecule has 2 rings (SSSR count). The first-order valence-corrected chi connectivity index (χ1v) is 5.95. The van der Waals surface area contributed by atoms with E-state index >= 15 is 0 Å². The maximum Gasteiger partial charge on any atom is 0.433 e. The maximum atomic E-state index is 13.1. The van der Waals surface area contributed by atoms with Gasteiger partial charge in [0.1, 0.15) is 16.5 Å². The molecule has 0 amide bonds. The first-order valence-electron chi connectivity index (χ1n) is 4.96. The van der Waals surface area contributed by atoms with Gasteiger partial charge in [-0.1, -0.05) is 0 Å². The highest BCUT2D eigenvalue weighted by molar-refractivity contribution is 7.98. The minimum Gasteiger partial charge on any atom is -0.405 e. The van der Waals surface area contributed by atoms with E-state index in [0.717, 1.165) is 0 Å². The highest BCUT2D eigenvalue weighted by Gasteiger charge is 2.12. The van der Waals surface area contributed by atoms with Crippen LogP contribution in [0, 0.1) is 15.9 Å². The molecule has 1 aromatic carbocycles. The summed E-state index contributed by atoms with van der Waals surface area (Å²) in [4.78, 5) is 10.5. The Labute approximate surface area is 106 Å². The number of nitrogens with zero attached hydrogens (tertiary/aromatic N) is 1. The fourth-order valence-electron chi connectivity index (χ4n) is 1.36. The van der Waals surface area contributed by atoms with Crippen LogP contribution in [0.1, 0.15) is 5.76 Å². The highest BCUT2D eigenvalue weighted by Crippen LogP contribution is 2.27. The summed E-state index contributed by atoms with van der Waals surface area (Å²) in [5, 5.41) is 10.4.